The van der Waals surface area contributed by atoms with Crippen molar-refractivity contribution in [3.8, 4) is 33.5 Å². The van der Waals surface area contributed by atoms with Gasteiger partial charge in [0.15, 0.2) is 5.13 Å². The van der Waals surface area contributed by atoms with Gasteiger partial charge in [-0.15, -0.1) is 0 Å². The molecular formula is C32H33N5O4S. The van der Waals surface area contributed by atoms with Crippen LogP contribution in [-0.4, -0.2) is 54.3 Å². The Morgan fingerprint density at radius 3 is 2.57 bits per heavy atom. The fourth-order valence-corrected chi connectivity index (χ4v) is 5.57. The van der Waals surface area contributed by atoms with Crippen molar-refractivity contribution < 1.29 is 19.0 Å². The minimum Gasteiger partial charge on any atom is -0.497 e. The third kappa shape index (κ3) is 6.77. The summed E-state index contributed by atoms with van der Waals surface area (Å²) in [6.07, 6.45) is 0. The lowest BCUT2D eigenvalue weighted by atomic mass is 9.99. The second-order valence-corrected chi connectivity index (χ2v) is 11.4. The van der Waals surface area contributed by atoms with Crippen LogP contribution in [0, 0.1) is 18.3 Å². The Morgan fingerprint density at radius 2 is 1.86 bits per heavy atom. The van der Waals surface area contributed by atoms with Gasteiger partial charge < -0.3 is 19.1 Å². The van der Waals surface area contributed by atoms with Gasteiger partial charge in [0.25, 0.3) is 0 Å². The molecule has 2 amide bonds. The molecular weight excluding hydrogens is 550 g/mol. The van der Waals surface area contributed by atoms with Crippen molar-refractivity contribution in [2.45, 2.75) is 33.0 Å². The van der Waals surface area contributed by atoms with Gasteiger partial charge in [-0.05, 0) is 68.3 Å². The van der Waals surface area contributed by atoms with E-state index >= 15 is 0 Å². The molecule has 1 fully saturated rings. The molecule has 216 valence electrons. The van der Waals surface area contributed by atoms with E-state index < -0.39 is 5.60 Å². The van der Waals surface area contributed by atoms with Crippen molar-refractivity contribution in [2.75, 3.05) is 38.7 Å². The monoisotopic (exact) mass is 583 g/mol. The third-order valence-corrected chi connectivity index (χ3v) is 8.02. The minimum atomic E-state index is -0.695. The molecule has 2 aromatic heterocycles. The van der Waals surface area contributed by atoms with Crippen molar-refractivity contribution in [3.63, 3.8) is 0 Å². The minimum absolute atomic E-state index is 0.212. The van der Waals surface area contributed by atoms with Crippen LogP contribution in [0.4, 0.5) is 9.93 Å². The summed E-state index contributed by atoms with van der Waals surface area (Å²) in [5.41, 5.74) is 4.84. The van der Waals surface area contributed by atoms with E-state index in [1.807, 2.05) is 75.4 Å². The molecule has 1 N–H and O–H groups in total. The Bertz CT molecular complexity index is 1600. The van der Waals surface area contributed by atoms with E-state index in [4.69, 9.17) is 24.2 Å². The molecule has 2 aromatic carbocycles. The third-order valence-electron chi connectivity index (χ3n) is 7.00. The zero-order chi connectivity index (χ0) is 29.7. The molecule has 10 heteroatoms. The Balaban J connectivity index is 1.48. The van der Waals surface area contributed by atoms with Gasteiger partial charge in [0.1, 0.15) is 11.4 Å². The number of aromatic nitrogens is 2. The molecule has 0 aliphatic carbocycles. The van der Waals surface area contributed by atoms with Crippen LogP contribution in [0.15, 0.2) is 60.7 Å². The number of hydrogen-bond donors (Lipinski definition) is 1. The predicted molar refractivity (Wildman–Crippen MR) is 162 cm³/mol. The highest BCUT2D eigenvalue weighted by Crippen LogP contribution is 2.41. The quantitative estimate of drug-likeness (QED) is 0.256. The molecule has 1 aliphatic heterocycles. The number of amides is 2. The molecule has 42 heavy (non-hydrogen) atoms. The van der Waals surface area contributed by atoms with Crippen LogP contribution in [0.3, 0.4) is 0 Å². The number of benzene rings is 2. The number of carbonyl (C=O) groups is 1. The number of pyridine rings is 1. The topological polar surface area (TPSA) is 110 Å². The maximum absolute atomic E-state index is 13.0. The van der Waals surface area contributed by atoms with Crippen LogP contribution < -0.4 is 10.1 Å². The number of thiazole rings is 1. The molecule has 1 saturated heterocycles. The van der Waals surface area contributed by atoms with E-state index in [1.165, 1.54) is 11.3 Å². The molecule has 3 heterocycles. The number of rotatable bonds is 8. The smallest absolute Gasteiger partial charge is 0.323 e. The number of nitriles is 1. The lowest BCUT2D eigenvalue weighted by Gasteiger charge is -2.26. The van der Waals surface area contributed by atoms with Crippen LogP contribution in [0.2, 0.25) is 0 Å². The molecule has 0 spiro atoms. The van der Waals surface area contributed by atoms with E-state index in [2.05, 4.69) is 11.4 Å². The van der Waals surface area contributed by atoms with Crippen LogP contribution in [0.5, 0.6) is 5.75 Å². The Labute approximate surface area is 249 Å². The summed E-state index contributed by atoms with van der Waals surface area (Å²) in [6, 6.07) is 21.1. The van der Waals surface area contributed by atoms with Gasteiger partial charge in [0.2, 0.25) is 0 Å². The second-order valence-electron chi connectivity index (χ2n) is 10.4. The van der Waals surface area contributed by atoms with Crippen LogP contribution >= 0.6 is 11.3 Å². The number of ether oxygens (including phenoxy) is 3. The summed E-state index contributed by atoms with van der Waals surface area (Å²) in [5.74, 6) is 0.796. The molecule has 9 nitrogen and oxygen atoms in total. The first kappa shape index (κ1) is 29.2. The predicted octanol–water partition coefficient (Wildman–Crippen LogP) is 6.38. The fourth-order valence-electron chi connectivity index (χ4n) is 4.61. The normalized spacial score (nSPS) is 13.5. The molecule has 5 rings (SSSR count). The molecule has 4 aromatic rings. The van der Waals surface area contributed by atoms with Gasteiger partial charge in [0.05, 0.1) is 54.8 Å². The van der Waals surface area contributed by atoms with E-state index in [0.717, 1.165) is 38.7 Å². The lowest BCUT2D eigenvalue weighted by Crippen LogP contribution is -2.43. The lowest BCUT2D eigenvalue weighted by molar-refractivity contribution is -0.0368. The largest absolute Gasteiger partial charge is 0.497 e. The van der Waals surface area contributed by atoms with E-state index in [1.54, 1.807) is 18.1 Å². The number of aryl methyl sites for hydroxylation is 1. The highest BCUT2D eigenvalue weighted by atomic mass is 32.1. The zero-order valence-electron chi connectivity index (χ0n) is 24.1. The van der Waals surface area contributed by atoms with E-state index in [0.29, 0.717) is 49.3 Å². The first-order valence-corrected chi connectivity index (χ1v) is 14.5. The average Bonchev–Trinajstić information content (AvgIpc) is 3.44. The summed E-state index contributed by atoms with van der Waals surface area (Å²) in [4.78, 5) is 25.2. The number of hydrogen-bond acceptors (Lipinski definition) is 8. The number of carbonyl (C=O) groups excluding carboxylic acids is 1. The standard InChI is InChI=1S/C32H33N5O4S/c1-21-16-25(18-27(34-21)32(2,3)41-20-22-8-10-26(39-4)11-9-22)29-28(24-7-5-6-23(17-24)19-33)35-30(42-29)36-31(38)37-12-14-40-15-13-37/h5-11,16-18H,12-15,20H2,1-4H3,(H,35,36,38). The van der Waals surface area contributed by atoms with E-state index in [9.17, 15) is 10.1 Å². The van der Waals surface area contributed by atoms with E-state index in [-0.39, 0.29) is 6.03 Å². The van der Waals surface area contributed by atoms with Crippen LogP contribution in [-0.2, 0) is 21.7 Å². The Hall–Kier alpha value is -4.30. The molecule has 0 radical (unpaired) electrons. The van der Waals surface area contributed by atoms with Gasteiger partial charge in [0, 0.05) is 24.3 Å². The van der Waals surface area contributed by atoms with Crippen molar-refractivity contribution in [1.29, 1.82) is 5.26 Å². The second kappa shape index (κ2) is 12.7. The number of nitrogens with one attached hydrogen (secondary N) is 1. The SMILES string of the molecule is COc1ccc(COC(C)(C)c2cc(-c3sc(NC(=O)N4CCOCC4)nc3-c3cccc(C#N)c3)cc(C)n2)cc1. The number of urea groups is 1. The van der Waals surface area contributed by atoms with Gasteiger partial charge in [-0.25, -0.2) is 9.78 Å². The number of morpholine rings is 1. The van der Waals surface area contributed by atoms with Crippen molar-refractivity contribution in [1.82, 2.24) is 14.9 Å². The fraction of sp³-hybridized carbons (Fsp3) is 0.312. The van der Waals surface area contributed by atoms with Gasteiger partial charge in [-0.3, -0.25) is 10.3 Å². The van der Waals surface area contributed by atoms with Crippen molar-refractivity contribution in [3.05, 3.63) is 83.2 Å². The van der Waals surface area contributed by atoms with Crippen LogP contribution in [0.25, 0.3) is 21.7 Å². The molecule has 0 bridgehead atoms. The van der Waals surface area contributed by atoms with Gasteiger partial charge >= 0.3 is 6.03 Å². The maximum Gasteiger partial charge on any atom is 0.323 e. The number of anilines is 1. The summed E-state index contributed by atoms with van der Waals surface area (Å²) >= 11 is 1.39. The summed E-state index contributed by atoms with van der Waals surface area (Å²) < 4.78 is 17.0. The number of methoxy groups -OCH3 is 1. The first-order valence-electron chi connectivity index (χ1n) is 13.7. The molecule has 0 saturated carbocycles. The van der Waals surface area contributed by atoms with Gasteiger partial charge in [-0.1, -0.05) is 35.6 Å². The zero-order valence-corrected chi connectivity index (χ0v) is 25.0. The van der Waals surface area contributed by atoms with Crippen molar-refractivity contribution >= 4 is 22.5 Å². The summed E-state index contributed by atoms with van der Waals surface area (Å²) in [7, 11) is 1.64. The average molecular weight is 584 g/mol. The summed E-state index contributed by atoms with van der Waals surface area (Å²) in [5, 5.41) is 13.0. The summed E-state index contributed by atoms with van der Waals surface area (Å²) in [6.45, 7) is 8.44. The van der Waals surface area contributed by atoms with Crippen LogP contribution in [0.1, 0.15) is 36.4 Å². The molecule has 0 unspecified atom stereocenters. The molecule has 1 aliphatic rings. The maximum atomic E-state index is 13.0. The van der Waals surface area contributed by atoms with Crippen molar-refractivity contribution in [2.24, 2.45) is 0 Å². The highest BCUT2D eigenvalue weighted by Gasteiger charge is 2.26. The Morgan fingerprint density at radius 1 is 1.10 bits per heavy atom. The highest BCUT2D eigenvalue weighted by molar-refractivity contribution is 7.19. The number of nitrogens with zero attached hydrogens (tertiary/aromatic N) is 4. The first-order chi connectivity index (χ1) is 20.3. The Kier molecular flexibility index (Phi) is 8.83. The molecule has 0 atom stereocenters. The van der Waals surface area contributed by atoms with Gasteiger partial charge in [-0.2, -0.15) is 5.26 Å².